The number of hydrogen-bond donors (Lipinski definition) is 0. The van der Waals surface area contributed by atoms with Crippen molar-refractivity contribution in [3.63, 3.8) is 0 Å². The van der Waals surface area contributed by atoms with E-state index in [4.69, 9.17) is 29.7 Å². The molecule has 11 heteroatoms. The Morgan fingerprint density at radius 3 is 1.47 bits per heavy atom. The summed E-state index contributed by atoms with van der Waals surface area (Å²) in [6, 6.07) is 115. The minimum Gasteiger partial charge on any atom is -0.457 e. The second-order valence-corrected chi connectivity index (χ2v) is 24.6. The van der Waals surface area contributed by atoms with Gasteiger partial charge in [0.1, 0.15) is 6.61 Å². The van der Waals surface area contributed by atoms with E-state index in [1.54, 1.807) is 0 Å². The number of esters is 1. The van der Waals surface area contributed by atoms with Crippen LogP contribution in [-0.4, -0.2) is 42.2 Å². The van der Waals surface area contributed by atoms with Gasteiger partial charge in [-0.15, -0.1) is 0 Å². The molecule has 0 spiro atoms. The van der Waals surface area contributed by atoms with Gasteiger partial charge in [0.2, 0.25) is 0 Å². The first-order valence-corrected chi connectivity index (χ1v) is 32.9. The van der Waals surface area contributed by atoms with Crippen LogP contribution in [0.25, 0.3) is 107 Å². The quantitative estimate of drug-likeness (QED) is 0.0825. The van der Waals surface area contributed by atoms with Crippen molar-refractivity contribution >= 4 is 85.0 Å². The van der Waals surface area contributed by atoms with Crippen molar-refractivity contribution in [2.75, 3.05) is 9.80 Å². The third-order valence-electron chi connectivity index (χ3n) is 18.8. The molecule has 0 fully saturated rings. The minimum absolute atomic E-state index is 0.0432. The molecular weight excluding hydrogens is 1200 g/mol. The Bertz CT molecular complexity index is 5650. The third-order valence-corrected chi connectivity index (χ3v) is 18.8. The zero-order valence-corrected chi connectivity index (χ0v) is 52.9. The van der Waals surface area contributed by atoms with E-state index in [1.165, 1.54) is 22.1 Å². The molecule has 0 bridgehead atoms. The third kappa shape index (κ3) is 10.2. The van der Waals surface area contributed by atoms with E-state index in [2.05, 4.69) is 215 Å². The summed E-state index contributed by atoms with van der Waals surface area (Å²) in [5.74, 6) is 1.75. The van der Waals surface area contributed by atoms with E-state index in [9.17, 15) is 4.79 Å². The number of anilines is 6. The smallest absolute Gasteiger partial charge is 0.338 e. The first kappa shape index (κ1) is 57.5. The molecule has 16 aromatic rings. The van der Waals surface area contributed by atoms with Gasteiger partial charge < -0.3 is 19.1 Å². The molecule has 0 atom stereocenters. The van der Waals surface area contributed by atoms with Crippen LogP contribution in [-0.2, 0) is 11.3 Å². The molecule has 460 valence electrons. The van der Waals surface area contributed by atoms with Gasteiger partial charge in [-0.2, -0.15) is 0 Å². The summed E-state index contributed by atoms with van der Waals surface area (Å²) >= 11 is 0. The van der Waals surface area contributed by atoms with Gasteiger partial charge in [-0.25, -0.2) is 29.7 Å². The first-order chi connectivity index (χ1) is 48.5. The largest absolute Gasteiger partial charge is 0.457 e. The van der Waals surface area contributed by atoms with E-state index < -0.39 is 5.97 Å². The highest BCUT2D eigenvalue weighted by molar-refractivity contribution is 7.00. The average molecular weight is 1260 g/mol. The maximum absolute atomic E-state index is 13.9. The van der Waals surface area contributed by atoms with Gasteiger partial charge in [0.05, 0.1) is 39.4 Å². The monoisotopic (exact) mass is 1260 g/mol. The standard InChI is InChI=1S/C87H57BN8O2/c97-87(98-56-57-25-7-1-8-26-57)64-48-51-76-69(54-64)68-37-19-22-40-75(68)96(76)77-50-47-63(86-92-84(60-29-11-3-12-30-60)91-85(93-86)61-31-13-4-14-32-61)53-70(77)74-55-73(59-27-9-2-10-28-59)89-83(90-74)62-45-43-58(44-46-62)67-49-52-80-81-82(67)95(66-35-17-6-18-36-66)79-42-24-21-39-72(79)88(81)71-38-20-23-41-78(71)94(80)65-33-15-5-16-34-65/h1-55H,56H2. The van der Waals surface area contributed by atoms with Crippen molar-refractivity contribution in [1.82, 2.24) is 29.5 Å². The second kappa shape index (κ2) is 24.3. The summed E-state index contributed by atoms with van der Waals surface area (Å²) in [7, 11) is 0. The van der Waals surface area contributed by atoms with Crippen LogP contribution in [0.15, 0.2) is 334 Å². The van der Waals surface area contributed by atoms with Gasteiger partial charge in [0, 0.05) is 78.2 Å². The molecule has 5 heterocycles. The van der Waals surface area contributed by atoms with Gasteiger partial charge in [0.15, 0.2) is 23.3 Å². The SMILES string of the molecule is O=C(OCc1ccccc1)c1ccc2c(c1)c1ccccc1n2-c1ccc(-c2nc(-c3ccccc3)nc(-c3ccccc3)n2)cc1-c1cc(-c2ccccc2)nc(-c2ccc(-c3ccc4c5c3N(c3ccccc3)c3ccccc3B5c3ccccc3N4c3ccccc3)cc2)n1. The number of carbonyl (C=O) groups excluding carboxylic acids is 1. The minimum atomic E-state index is -0.401. The lowest BCUT2D eigenvalue weighted by molar-refractivity contribution is 0.0473. The van der Waals surface area contributed by atoms with Crippen molar-refractivity contribution in [1.29, 1.82) is 0 Å². The molecule has 0 unspecified atom stereocenters. The summed E-state index contributed by atoms with van der Waals surface area (Å²) in [4.78, 5) is 45.5. The zero-order chi connectivity index (χ0) is 65.0. The van der Waals surface area contributed by atoms with E-state index >= 15 is 0 Å². The van der Waals surface area contributed by atoms with E-state index in [0.717, 1.165) is 112 Å². The van der Waals surface area contributed by atoms with Crippen molar-refractivity contribution < 1.29 is 9.53 Å². The van der Waals surface area contributed by atoms with Crippen molar-refractivity contribution in [2.24, 2.45) is 0 Å². The summed E-state index contributed by atoms with van der Waals surface area (Å²) in [6.45, 7) is 0.119. The molecule has 2 aliphatic heterocycles. The Kier molecular flexibility index (Phi) is 14.3. The molecule has 0 aliphatic carbocycles. The molecule has 10 nitrogen and oxygen atoms in total. The number of nitrogens with zero attached hydrogens (tertiary/aromatic N) is 8. The van der Waals surface area contributed by atoms with E-state index in [-0.39, 0.29) is 13.3 Å². The number of hydrogen-bond acceptors (Lipinski definition) is 9. The highest BCUT2D eigenvalue weighted by Gasteiger charge is 2.44. The number of carbonyl (C=O) groups is 1. The predicted octanol–water partition coefficient (Wildman–Crippen LogP) is 18.9. The van der Waals surface area contributed by atoms with Gasteiger partial charge >= 0.3 is 5.97 Å². The summed E-state index contributed by atoms with van der Waals surface area (Å²) < 4.78 is 8.18. The molecule has 98 heavy (non-hydrogen) atoms. The Morgan fingerprint density at radius 1 is 0.337 bits per heavy atom. The summed E-state index contributed by atoms with van der Waals surface area (Å²) in [5.41, 5.74) is 23.2. The van der Waals surface area contributed by atoms with E-state index in [0.29, 0.717) is 34.6 Å². The molecule has 0 N–H and O–H groups in total. The molecule has 3 aromatic heterocycles. The van der Waals surface area contributed by atoms with Crippen LogP contribution in [0.3, 0.4) is 0 Å². The summed E-state index contributed by atoms with van der Waals surface area (Å²) in [5, 5.41) is 1.87. The number of rotatable bonds is 13. The average Bonchev–Trinajstić information content (AvgIpc) is 0.841. The topological polar surface area (TPSA) is 102 Å². The fraction of sp³-hybridized carbons (Fsp3) is 0.0115. The lowest BCUT2D eigenvalue weighted by atomic mass is 9.33. The fourth-order valence-electron chi connectivity index (χ4n) is 14.3. The predicted molar refractivity (Wildman–Crippen MR) is 397 cm³/mol. The van der Waals surface area contributed by atoms with Crippen LogP contribution in [0.1, 0.15) is 15.9 Å². The molecule has 0 amide bonds. The van der Waals surface area contributed by atoms with Crippen LogP contribution < -0.4 is 26.2 Å². The Morgan fingerprint density at radius 2 is 0.816 bits per heavy atom. The van der Waals surface area contributed by atoms with Gasteiger partial charge in [-0.05, 0) is 119 Å². The molecule has 0 radical (unpaired) electrons. The molecule has 0 saturated heterocycles. The number of fused-ring (bicyclic) bond motifs is 7. The molecule has 18 rings (SSSR count). The Labute approximate surface area is 566 Å². The van der Waals surface area contributed by atoms with E-state index in [1.807, 2.05) is 133 Å². The highest BCUT2D eigenvalue weighted by atomic mass is 16.5. The molecule has 13 aromatic carbocycles. The molecule has 0 saturated carbocycles. The van der Waals surface area contributed by atoms with Gasteiger partial charge in [-0.3, -0.25) is 0 Å². The van der Waals surface area contributed by atoms with Crippen LogP contribution in [0.5, 0.6) is 0 Å². The Hall–Kier alpha value is -13.1. The lowest BCUT2D eigenvalue weighted by Crippen LogP contribution is -2.61. The number of benzene rings is 13. The van der Waals surface area contributed by atoms with Crippen molar-refractivity contribution in [3.8, 4) is 84.9 Å². The van der Waals surface area contributed by atoms with Crippen LogP contribution >= 0.6 is 0 Å². The number of para-hydroxylation sites is 5. The molecule has 2 aliphatic rings. The first-order valence-electron chi connectivity index (χ1n) is 32.9. The second-order valence-electron chi connectivity index (χ2n) is 24.6. The van der Waals surface area contributed by atoms with Gasteiger partial charge in [-0.1, -0.05) is 243 Å². The van der Waals surface area contributed by atoms with Crippen molar-refractivity contribution in [2.45, 2.75) is 6.61 Å². The van der Waals surface area contributed by atoms with Crippen LogP contribution in [0, 0.1) is 0 Å². The normalized spacial score (nSPS) is 12.1. The van der Waals surface area contributed by atoms with Crippen LogP contribution in [0.2, 0.25) is 0 Å². The highest BCUT2D eigenvalue weighted by Crippen LogP contribution is 2.48. The fourth-order valence-corrected chi connectivity index (χ4v) is 14.3. The number of ether oxygens (including phenoxy) is 1. The molecular formula is C87H57BN8O2. The van der Waals surface area contributed by atoms with Crippen LogP contribution in [0.4, 0.5) is 34.1 Å². The maximum atomic E-state index is 13.9. The van der Waals surface area contributed by atoms with Gasteiger partial charge in [0.25, 0.3) is 6.71 Å². The Balaban J connectivity index is 0.827. The zero-order valence-electron chi connectivity index (χ0n) is 52.9. The number of aromatic nitrogens is 6. The lowest BCUT2D eigenvalue weighted by Gasteiger charge is -2.45. The summed E-state index contributed by atoms with van der Waals surface area (Å²) in [6.07, 6.45) is 0. The maximum Gasteiger partial charge on any atom is 0.338 e. The van der Waals surface area contributed by atoms with Crippen molar-refractivity contribution in [3.05, 3.63) is 345 Å².